The highest BCUT2D eigenvalue weighted by Crippen LogP contribution is 2.18. The lowest BCUT2D eigenvalue weighted by molar-refractivity contribution is -0.108. The zero-order chi connectivity index (χ0) is 7.33. The Bertz CT molecular complexity index is 136. The minimum absolute atomic E-state index is 0.355. The van der Waals surface area contributed by atoms with Gasteiger partial charge in [0.05, 0.1) is 6.07 Å². The molecule has 0 rings (SSSR count). The number of nitriles is 1. The van der Waals surface area contributed by atoms with Crippen LogP contribution in [0.2, 0.25) is 0 Å². The van der Waals surface area contributed by atoms with E-state index >= 15 is 0 Å². The monoisotopic (exact) mass is 145 g/mol. The van der Waals surface area contributed by atoms with Gasteiger partial charge in [-0.3, -0.25) is 0 Å². The number of hydrogen-bond donors (Lipinski definition) is 0. The third kappa shape index (κ3) is 3.99. The number of nitrogens with zero attached hydrogens (tertiary/aromatic N) is 1. The molecule has 0 heterocycles. The number of aldehydes is 1. The van der Waals surface area contributed by atoms with E-state index in [0.717, 1.165) is 6.29 Å². The zero-order valence-electron chi connectivity index (χ0n) is 5.22. The third-order valence-electron chi connectivity index (χ3n) is 0.965. The van der Waals surface area contributed by atoms with Crippen LogP contribution < -0.4 is 0 Å². The summed E-state index contributed by atoms with van der Waals surface area (Å²) in [6.45, 7) is 1.60. The maximum Gasteiger partial charge on any atom is 0.128 e. The van der Waals surface area contributed by atoms with Gasteiger partial charge in [-0.2, -0.15) is 5.26 Å². The molecule has 9 heavy (non-hydrogen) atoms. The van der Waals surface area contributed by atoms with E-state index in [4.69, 9.17) is 16.9 Å². The molecule has 0 aliphatic heterocycles. The van der Waals surface area contributed by atoms with Crippen molar-refractivity contribution in [1.82, 2.24) is 0 Å². The van der Waals surface area contributed by atoms with Gasteiger partial charge in [0, 0.05) is 6.42 Å². The topological polar surface area (TPSA) is 40.9 Å². The molecule has 0 N–H and O–H groups in total. The Morgan fingerprint density at radius 3 is 2.78 bits per heavy atom. The summed E-state index contributed by atoms with van der Waals surface area (Å²) in [5, 5.41) is 8.32. The van der Waals surface area contributed by atoms with Gasteiger partial charge in [0.1, 0.15) is 11.2 Å². The van der Waals surface area contributed by atoms with Crippen LogP contribution >= 0.6 is 11.6 Å². The second-order valence-electron chi connectivity index (χ2n) is 2.01. The lowest BCUT2D eigenvalue weighted by Gasteiger charge is -2.07. The van der Waals surface area contributed by atoms with E-state index in [9.17, 15) is 4.79 Å². The lowest BCUT2D eigenvalue weighted by Crippen LogP contribution is -2.12. The summed E-state index contributed by atoms with van der Waals surface area (Å²) in [6, 6.07) is 1.88. The van der Waals surface area contributed by atoms with Gasteiger partial charge in [0.15, 0.2) is 0 Å². The highest BCUT2D eigenvalue weighted by Gasteiger charge is 2.18. The normalized spacial score (nSPS) is 15.7. The first-order valence-electron chi connectivity index (χ1n) is 2.66. The first-order chi connectivity index (χ1) is 4.12. The first kappa shape index (κ1) is 8.45. The average Bonchev–Trinajstić information content (AvgIpc) is 1.84. The SMILES string of the molecule is CC(Cl)(C#N)CCC=O. The minimum Gasteiger partial charge on any atom is -0.303 e. The maximum absolute atomic E-state index is 9.80. The van der Waals surface area contributed by atoms with Crippen molar-refractivity contribution in [2.45, 2.75) is 24.6 Å². The molecule has 0 aromatic heterocycles. The molecule has 0 aliphatic rings. The standard InChI is InChI=1S/C6H8ClNO/c1-6(7,5-8)3-2-4-9/h4H,2-3H2,1H3. The summed E-state index contributed by atoms with van der Waals surface area (Å²) in [4.78, 5) is 8.94. The number of carbonyl (C=O) groups is 1. The van der Waals surface area contributed by atoms with Crippen LogP contribution in [-0.2, 0) is 4.79 Å². The Morgan fingerprint density at radius 1 is 1.89 bits per heavy atom. The minimum atomic E-state index is -0.860. The number of hydrogen-bond acceptors (Lipinski definition) is 2. The molecule has 0 radical (unpaired) electrons. The van der Waals surface area contributed by atoms with E-state index in [-0.39, 0.29) is 0 Å². The molecule has 0 spiro atoms. The van der Waals surface area contributed by atoms with Crippen molar-refractivity contribution in [3.05, 3.63) is 0 Å². The fourth-order valence-electron chi connectivity index (χ4n) is 0.386. The van der Waals surface area contributed by atoms with Crippen molar-refractivity contribution in [2.75, 3.05) is 0 Å². The van der Waals surface area contributed by atoms with Crippen LogP contribution in [0.15, 0.2) is 0 Å². The summed E-state index contributed by atoms with van der Waals surface area (Å²) >= 11 is 5.58. The molecule has 0 saturated heterocycles. The Kier molecular flexibility index (Phi) is 3.26. The molecule has 0 aromatic rings. The second kappa shape index (κ2) is 3.47. The number of rotatable bonds is 3. The van der Waals surface area contributed by atoms with E-state index in [1.54, 1.807) is 6.92 Å². The van der Waals surface area contributed by atoms with Gasteiger partial charge in [-0.1, -0.05) is 0 Å². The smallest absolute Gasteiger partial charge is 0.128 e. The van der Waals surface area contributed by atoms with Crippen LogP contribution in [0, 0.1) is 11.3 Å². The van der Waals surface area contributed by atoms with Gasteiger partial charge >= 0.3 is 0 Å². The highest BCUT2D eigenvalue weighted by molar-refractivity contribution is 6.25. The molecule has 0 amide bonds. The van der Waals surface area contributed by atoms with Gasteiger partial charge < -0.3 is 4.79 Å². The molecule has 50 valence electrons. The highest BCUT2D eigenvalue weighted by atomic mass is 35.5. The molecule has 3 heteroatoms. The molecular weight excluding hydrogens is 138 g/mol. The summed E-state index contributed by atoms with van der Waals surface area (Å²) in [7, 11) is 0. The van der Waals surface area contributed by atoms with Crippen molar-refractivity contribution in [1.29, 1.82) is 5.26 Å². The van der Waals surface area contributed by atoms with Crippen molar-refractivity contribution < 1.29 is 4.79 Å². The van der Waals surface area contributed by atoms with Gasteiger partial charge in [0.25, 0.3) is 0 Å². The van der Waals surface area contributed by atoms with E-state index in [0.29, 0.717) is 12.8 Å². The van der Waals surface area contributed by atoms with Crippen LogP contribution in [0.4, 0.5) is 0 Å². The first-order valence-corrected chi connectivity index (χ1v) is 3.04. The van der Waals surface area contributed by atoms with Gasteiger partial charge in [0.2, 0.25) is 0 Å². The molecule has 0 saturated carbocycles. The second-order valence-corrected chi connectivity index (χ2v) is 2.85. The Hall–Kier alpha value is -0.550. The van der Waals surface area contributed by atoms with Crippen molar-refractivity contribution in [2.24, 2.45) is 0 Å². The fourth-order valence-corrected chi connectivity index (χ4v) is 0.495. The molecule has 1 unspecified atom stereocenters. The van der Waals surface area contributed by atoms with Crippen molar-refractivity contribution >= 4 is 17.9 Å². The van der Waals surface area contributed by atoms with E-state index in [1.807, 2.05) is 6.07 Å². The molecule has 0 aromatic carbocycles. The fraction of sp³-hybridized carbons (Fsp3) is 0.667. The van der Waals surface area contributed by atoms with E-state index in [2.05, 4.69) is 0 Å². The number of alkyl halides is 1. The van der Waals surface area contributed by atoms with Gasteiger partial charge in [-0.15, -0.1) is 11.6 Å². The summed E-state index contributed by atoms with van der Waals surface area (Å²) < 4.78 is 0. The third-order valence-corrected chi connectivity index (χ3v) is 1.24. The van der Waals surface area contributed by atoms with Crippen LogP contribution in [0.1, 0.15) is 19.8 Å². The van der Waals surface area contributed by atoms with Crippen LogP contribution in [0.25, 0.3) is 0 Å². The van der Waals surface area contributed by atoms with Crippen LogP contribution in [-0.4, -0.2) is 11.2 Å². The van der Waals surface area contributed by atoms with Crippen LogP contribution in [0.5, 0.6) is 0 Å². The summed E-state index contributed by atoms with van der Waals surface area (Å²) in [5.41, 5.74) is 0. The van der Waals surface area contributed by atoms with Gasteiger partial charge in [-0.05, 0) is 13.3 Å². The molecule has 0 fully saturated rings. The van der Waals surface area contributed by atoms with Crippen molar-refractivity contribution in [3.8, 4) is 6.07 Å². The predicted octanol–water partition coefficient (Wildman–Crippen LogP) is 1.49. The van der Waals surface area contributed by atoms with Crippen molar-refractivity contribution in [3.63, 3.8) is 0 Å². The molecule has 0 aliphatic carbocycles. The number of carbonyl (C=O) groups excluding carboxylic acids is 1. The molecule has 2 nitrogen and oxygen atoms in total. The Labute approximate surface area is 59.4 Å². The molecular formula is C6H8ClNO. The average molecular weight is 146 g/mol. The van der Waals surface area contributed by atoms with Crippen LogP contribution in [0.3, 0.4) is 0 Å². The maximum atomic E-state index is 9.80. The molecule has 1 atom stereocenters. The number of halogens is 1. The largest absolute Gasteiger partial charge is 0.303 e. The Balaban J connectivity index is 3.61. The predicted molar refractivity (Wildman–Crippen MR) is 35.2 cm³/mol. The summed E-state index contributed by atoms with van der Waals surface area (Å²) in [6.07, 6.45) is 1.54. The van der Waals surface area contributed by atoms with Gasteiger partial charge in [-0.25, -0.2) is 0 Å². The zero-order valence-corrected chi connectivity index (χ0v) is 5.98. The Morgan fingerprint density at radius 2 is 2.44 bits per heavy atom. The molecule has 0 bridgehead atoms. The van der Waals surface area contributed by atoms with E-state index < -0.39 is 4.87 Å². The lowest BCUT2D eigenvalue weighted by atomic mass is 10.1. The summed E-state index contributed by atoms with van der Waals surface area (Å²) in [5.74, 6) is 0. The quantitative estimate of drug-likeness (QED) is 0.446. The van der Waals surface area contributed by atoms with E-state index in [1.165, 1.54) is 0 Å².